The molecular weight excluding hydrogens is 224 g/mol. The first kappa shape index (κ1) is 9.77. The highest BCUT2D eigenvalue weighted by Crippen LogP contribution is 2.39. The lowest BCUT2D eigenvalue weighted by Gasteiger charge is -2.05. The Kier molecular flexibility index (Phi) is 1.89. The normalized spacial score (nSPS) is 11.1. The molecule has 17 heavy (non-hydrogen) atoms. The zero-order chi connectivity index (χ0) is 12.0. The van der Waals surface area contributed by atoms with Crippen LogP contribution < -0.4 is 4.74 Å². The van der Waals surface area contributed by atoms with E-state index >= 15 is 0 Å². The van der Waals surface area contributed by atoms with Crippen LogP contribution in [0.25, 0.3) is 21.9 Å². The number of methoxy groups -OCH3 is 1. The monoisotopic (exact) mass is 232 g/mol. The van der Waals surface area contributed by atoms with E-state index in [-0.39, 0.29) is 5.56 Å². The molecule has 0 bridgehead atoms. The van der Waals surface area contributed by atoms with E-state index in [1.165, 1.54) is 19.6 Å². The van der Waals surface area contributed by atoms with E-state index in [2.05, 4.69) is 0 Å². The summed E-state index contributed by atoms with van der Waals surface area (Å²) in [7, 11) is 1.50. The Morgan fingerprint density at radius 2 is 1.82 bits per heavy atom. The average Bonchev–Trinajstić information content (AvgIpc) is 2.92. The number of carbonyl (C=O) groups is 1. The van der Waals surface area contributed by atoms with Crippen molar-refractivity contribution in [1.82, 2.24) is 0 Å². The third kappa shape index (κ3) is 1.16. The number of aromatic carboxylic acids is 1. The number of fused-ring (bicyclic) bond motifs is 2. The second-order valence-corrected chi connectivity index (χ2v) is 3.54. The summed E-state index contributed by atoms with van der Waals surface area (Å²) in [5.74, 6) is -0.572. The summed E-state index contributed by atoms with van der Waals surface area (Å²) in [6, 6.07) is 3.24. The smallest absolute Gasteiger partial charge is 0.340 e. The molecule has 0 saturated carbocycles. The zero-order valence-corrected chi connectivity index (χ0v) is 8.89. The summed E-state index contributed by atoms with van der Waals surface area (Å²) in [6.07, 6.45) is 2.86. The minimum absolute atomic E-state index is 0.0922. The van der Waals surface area contributed by atoms with Crippen LogP contribution in [0.15, 0.2) is 33.5 Å². The molecule has 0 unspecified atom stereocenters. The van der Waals surface area contributed by atoms with Gasteiger partial charge in [-0.15, -0.1) is 0 Å². The van der Waals surface area contributed by atoms with Crippen LogP contribution in [0.4, 0.5) is 0 Å². The van der Waals surface area contributed by atoms with Crippen molar-refractivity contribution in [2.24, 2.45) is 0 Å². The van der Waals surface area contributed by atoms with E-state index in [1.54, 1.807) is 12.1 Å². The van der Waals surface area contributed by atoms with Crippen LogP contribution in [-0.4, -0.2) is 18.2 Å². The van der Waals surface area contributed by atoms with E-state index in [4.69, 9.17) is 13.6 Å². The van der Waals surface area contributed by atoms with Crippen LogP contribution in [0.5, 0.6) is 5.75 Å². The van der Waals surface area contributed by atoms with Crippen molar-refractivity contribution in [3.8, 4) is 5.75 Å². The van der Waals surface area contributed by atoms with Crippen molar-refractivity contribution in [1.29, 1.82) is 0 Å². The van der Waals surface area contributed by atoms with Gasteiger partial charge in [0.2, 0.25) is 0 Å². The number of carboxylic acids is 1. The number of benzene rings is 1. The van der Waals surface area contributed by atoms with Gasteiger partial charge in [-0.3, -0.25) is 0 Å². The molecule has 2 aromatic heterocycles. The first-order valence-corrected chi connectivity index (χ1v) is 4.91. The maximum absolute atomic E-state index is 11.3. The van der Waals surface area contributed by atoms with Crippen molar-refractivity contribution in [3.63, 3.8) is 0 Å². The Morgan fingerprint density at radius 3 is 2.47 bits per heavy atom. The Morgan fingerprint density at radius 1 is 1.18 bits per heavy atom. The predicted molar refractivity (Wildman–Crippen MR) is 59.5 cm³/mol. The molecular formula is C12H8O5. The van der Waals surface area contributed by atoms with Gasteiger partial charge < -0.3 is 18.7 Å². The highest BCUT2D eigenvalue weighted by atomic mass is 16.5. The minimum atomic E-state index is -1.06. The maximum atomic E-state index is 11.3. The number of carboxylic acid groups (broad SMARTS) is 1. The second-order valence-electron chi connectivity index (χ2n) is 3.54. The third-order valence-corrected chi connectivity index (χ3v) is 2.70. The van der Waals surface area contributed by atoms with Crippen molar-refractivity contribution >= 4 is 27.9 Å². The molecule has 2 heterocycles. The van der Waals surface area contributed by atoms with Crippen LogP contribution in [0.2, 0.25) is 0 Å². The number of ether oxygens (including phenoxy) is 1. The molecule has 0 aliphatic rings. The van der Waals surface area contributed by atoms with Gasteiger partial charge in [-0.05, 0) is 12.1 Å². The fourth-order valence-corrected chi connectivity index (χ4v) is 2.02. The molecule has 0 amide bonds. The van der Waals surface area contributed by atoms with Gasteiger partial charge in [0.1, 0.15) is 5.56 Å². The summed E-state index contributed by atoms with van der Waals surface area (Å²) in [6.45, 7) is 0. The van der Waals surface area contributed by atoms with E-state index in [0.717, 1.165) is 0 Å². The molecule has 86 valence electrons. The van der Waals surface area contributed by atoms with Gasteiger partial charge in [-0.2, -0.15) is 0 Å². The molecule has 0 saturated heterocycles. The first-order chi connectivity index (χ1) is 8.24. The molecule has 5 nitrogen and oxygen atoms in total. The summed E-state index contributed by atoms with van der Waals surface area (Å²) in [5, 5.41) is 10.3. The number of hydrogen-bond acceptors (Lipinski definition) is 4. The lowest BCUT2D eigenvalue weighted by Crippen LogP contribution is -1.98. The quantitative estimate of drug-likeness (QED) is 0.735. The topological polar surface area (TPSA) is 72.8 Å². The van der Waals surface area contributed by atoms with Crippen LogP contribution in [0, 0.1) is 0 Å². The summed E-state index contributed by atoms with van der Waals surface area (Å²) >= 11 is 0. The van der Waals surface area contributed by atoms with Crippen molar-refractivity contribution in [2.45, 2.75) is 0 Å². The largest absolute Gasteiger partial charge is 0.492 e. The molecule has 5 heteroatoms. The molecule has 0 spiro atoms. The molecule has 0 aliphatic carbocycles. The molecule has 1 aromatic carbocycles. The Bertz CT molecular complexity index is 667. The number of rotatable bonds is 2. The molecule has 3 aromatic rings. The van der Waals surface area contributed by atoms with E-state index in [0.29, 0.717) is 27.7 Å². The van der Waals surface area contributed by atoms with Gasteiger partial charge in [0, 0.05) is 5.39 Å². The van der Waals surface area contributed by atoms with Gasteiger partial charge in [-0.25, -0.2) is 4.79 Å². The van der Waals surface area contributed by atoms with Gasteiger partial charge in [0.25, 0.3) is 0 Å². The van der Waals surface area contributed by atoms with Crippen LogP contribution >= 0.6 is 0 Å². The van der Waals surface area contributed by atoms with Crippen LogP contribution in [0.1, 0.15) is 10.4 Å². The van der Waals surface area contributed by atoms with E-state index in [1.807, 2.05) is 0 Å². The Balaban J connectivity index is 2.62. The van der Waals surface area contributed by atoms with Crippen molar-refractivity contribution in [3.05, 3.63) is 30.2 Å². The average molecular weight is 232 g/mol. The molecule has 0 radical (unpaired) electrons. The van der Waals surface area contributed by atoms with Gasteiger partial charge in [-0.1, -0.05) is 0 Å². The van der Waals surface area contributed by atoms with Gasteiger partial charge >= 0.3 is 5.97 Å². The van der Waals surface area contributed by atoms with E-state index < -0.39 is 5.97 Å². The summed E-state index contributed by atoms with van der Waals surface area (Å²) < 4.78 is 15.8. The standard InChI is InChI=1S/C12H8O5/c1-15-10-7-3-5-16-9(7)8(12(13)14)6-2-4-17-11(6)10/h2-5H,1H3,(H,13,14). The predicted octanol–water partition coefficient (Wildman–Crippen LogP) is 2.89. The zero-order valence-electron chi connectivity index (χ0n) is 8.89. The lowest BCUT2D eigenvalue weighted by atomic mass is 10.1. The van der Waals surface area contributed by atoms with Gasteiger partial charge in [0.15, 0.2) is 16.9 Å². The summed E-state index contributed by atoms with van der Waals surface area (Å²) in [5.41, 5.74) is 0.802. The first-order valence-electron chi connectivity index (χ1n) is 4.91. The van der Waals surface area contributed by atoms with E-state index in [9.17, 15) is 9.90 Å². The molecule has 0 aliphatic heterocycles. The Hall–Kier alpha value is -2.43. The molecule has 3 rings (SSSR count). The second kappa shape index (κ2) is 3.28. The van der Waals surface area contributed by atoms with Crippen LogP contribution in [-0.2, 0) is 0 Å². The fourth-order valence-electron chi connectivity index (χ4n) is 2.02. The third-order valence-electron chi connectivity index (χ3n) is 2.70. The van der Waals surface area contributed by atoms with Crippen molar-refractivity contribution < 1.29 is 23.5 Å². The van der Waals surface area contributed by atoms with Crippen molar-refractivity contribution in [2.75, 3.05) is 7.11 Å². The fraction of sp³-hybridized carbons (Fsp3) is 0.0833. The SMILES string of the molecule is COc1c2ccoc2c(C(=O)O)c2ccoc12. The molecule has 1 N–H and O–H groups in total. The van der Waals surface area contributed by atoms with Gasteiger partial charge in [0.05, 0.1) is 25.0 Å². The molecule has 0 fully saturated rings. The maximum Gasteiger partial charge on any atom is 0.340 e. The minimum Gasteiger partial charge on any atom is -0.492 e. The Labute approximate surface area is 95.2 Å². The lowest BCUT2D eigenvalue weighted by molar-refractivity contribution is 0.0700. The number of furan rings is 2. The highest BCUT2D eigenvalue weighted by molar-refractivity contribution is 6.16. The highest BCUT2D eigenvalue weighted by Gasteiger charge is 2.23. The molecule has 0 atom stereocenters. The summed E-state index contributed by atoms with van der Waals surface area (Å²) in [4.78, 5) is 11.3. The number of hydrogen-bond donors (Lipinski definition) is 1. The van der Waals surface area contributed by atoms with Crippen LogP contribution in [0.3, 0.4) is 0 Å².